The lowest BCUT2D eigenvalue weighted by atomic mass is 10.1. The first-order valence-corrected chi connectivity index (χ1v) is 10.6. The predicted octanol–water partition coefficient (Wildman–Crippen LogP) is 1.98. The molecular weight excluding hydrogens is 382 g/mol. The van der Waals surface area contributed by atoms with E-state index in [4.69, 9.17) is 14.5 Å². The van der Waals surface area contributed by atoms with Gasteiger partial charge < -0.3 is 24.2 Å². The smallest absolute Gasteiger partial charge is 0.253 e. The number of carbonyl (C=O) groups is 1. The highest BCUT2D eigenvalue weighted by molar-refractivity contribution is 5.94. The molecule has 3 heterocycles. The Hall–Kier alpha value is -2.87. The topological polar surface area (TPSA) is 71.0 Å². The van der Waals surface area contributed by atoms with Gasteiger partial charge in [-0.2, -0.15) is 4.98 Å². The lowest BCUT2D eigenvalue weighted by Gasteiger charge is -2.36. The highest BCUT2D eigenvalue weighted by Crippen LogP contribution is 2.21. The number of benzene rings is 1. The number of hydrogen-bond donors (Lipinski definition) is 0. The van der Waals surface area contributed by atoms with E-state index >= 15 is 0 Å². The van der Waals surface area contributed by atoms with Gasteiger partial charge in [0.1, 0.15) is 11.6 Å². The molecule has 8 heteroatoms. The Labute approximate surface area is 177 Å². The van der Waals surface area contributed by atoms with Gasteiger partial charge in [-0.05, 0) is 38.1 Å². The maximum absolute atomic E-state index is 12.8. The maximum atomic E-state index is 12.8. The van der Waals surface area contributed by atoms with Crippen molar-refractivity contribution >= 4 is 17.7 Å². The Morgan fingerprint density at radius 1 is 1.00 bits per heavy atom. The summed E-state index contributed by atoms with van der Waals surface area (Å²) in [5, 5.41) is 0. The van der Waals surface area contributed by atoms with Crippen molar-refractivity contribution in [1.29, 1.82) is 0 Å². The molecule has 2 saturated heterocycles. The molecule has 4 rings (SSSR count). The normalized spacial score (nSPS) is 17.2. The minimum atomic E-state index is 0.0607. The molecule has 0 bridgehead atoms. The van der Waals surface area contributed by atoms with Crippen molar-refractivity contribution in [2.45, 2.75) is 13.8 Å². The van der Waals surface area contributed by atoms with E-state index in [1.165, 1.54) is 0 Å². The molecule has 0 unspecified atom stereocenters. The molecule has 2 aliphatic heterocycles. The monoisotopic (exact) mass is 411 g/mol. The number of nitrogens with zero attached hydrogens (tertiary/aromatic N) is 5. The van der Waals surface area contributed by atoms with Gasteiger partial charge in [0.05, 0.1) is 19.8 Å². The van der Waals surface area contributed by atoms with Crippen molar-refractivity contribution in [3.8, 4) is 5.75 Å². The second-order valence-electron chi connectivity index (χ2n) is 7.50. The van der Waals surface area contributed by atoms with E-state index in [-0.39, 0.29) is 5.91 Å². The van der Waals surface area contributed by atoms with Crippen LogP contribution in [0.1, 0.15) is 23.0 Å². The van der Waals surface area contributed by atoms with Crippen LogP contribution in [0.2, 0.25) is 0 Å². The predicted molar refractivity (Wildman–Crippen MR) is 116 cm³/mol. The van der Waals surface area contributed by atoms with E-state index < -0.39 is 0 Å². The molecule has 2 fully saturated rings. The Kier molecular flexibility index (Phi) is 6.32. The zero-order valence-corrected chi connectivity index (χ0v) is 17.7. The number of morpholine rings is 1. The molecule has 1 aromatic heterocycles. The lowest BCUT2D eigenvalue weighted by Crippen LogP contribution is -2.49. The molecule has 0 aliphatic carbocycles. The third kappa shape index (κ3) is 4.64. The lowest BCUT2D eigenvalue weighted by molar-refractivity contribution is 0.0746. The molecule has 0 atom stereocenters. The Morgan fingerprint density at radius 2 is 1.70 bits per heavy atom. The highest BCUT2D eigenvalue weighted by atomic mass is 16.5. The second-order valence-corrected chi connectivity index (χ2v) is 7.50. The number of hydrogen-bond acceptors (Lipinski definition) is 7. The number of aromatic nitrogens is 2. The first-order valence-electron chi connectivity index (χ1n) is 10.6. The van der Waals surface area contributed by atoms with Gasteiger partial charge >= 0.3 is 0 Å². The van der Waals surface area contributed by atoms with Crippen molar-refractivity contribution < 1.29 is 14.3 Å². The summed E-state index contributed by atoms with van der Waals surface area (Å²) < 4.78 is 10.9. The number of carbonyl (C=O) groups excluding carboxylic acids is 1. The van der Waals surface area contributed by atoms with Gasteiger partial charge in [0.15, 0.2) is 0 Å². The van der Waals surface area contributed by atoms with Gasteiger partial charge in [-0.15, -0.1) is 0 Å². The van der Waals surface area contributed by atoms with E-state index in [2.05, 4.69) is 14.8 Å². The molecule has 160 valence electrons. The van der Waals surface area contributed by atoms with Crippen LogP contribution in [0.25, 0.3) is 0 Å². The summed E-state index contributed by atoms with van der Waals surface area (Å²) in [4.78, 5) is 28.6. The summed E-state index contributed by atoms with van der Waals surface area (Å²) in [5.41, 5.74) is 1.65. The van der Waals surface area contributed by atoms with E-state index in [0.717, 1.165) is 49.4 Å². The number of aryl methyl sites for hydroxylation is 1. The third-order valence-corrected chi connectivity index (χ3v) is 5.43. The average Bonchev–Trinajstić information content (AvgIpc) is 2.80. The molecule has 0 radical (unpaired) electrons. The summed E-state index contributed by atoms with van der Waals surface area (Å²) in [5.74, 6) is 2.54. The van der Waals surface area contributed by atoms with E-state index in [1.54, 1.807) is 0 Å². The standard InChI is InChI=1S/C22H29N5O3/c1-3-30-19-6-4-18(5-7-19)21(28)26-10-8-25(9-11-26)20-16-17(2)23-22(24-20)27-12-14-29-15-13-27/h4-7,16H,3,8-15H2,1-2H3. The molecule has 2 aliphatic rings. The van der Waals surface area contributed by atoms with Gasteiger partial charge in [-0.3, -0.25) is 4.79 Å². The highest BCUT2D eigenvalue weighted by Gasteiger charge is 2.24. The van der Waals surface area contributed by atoms with Crippen molar-refractivity contribution in [2.24, 2.45) is 0 Å². The minimum absolute atomic E-state index is 0.0607. The van der Waals surface area contributed by atoms with E-state index in [9.17, 15) is 4.79 Å². The Morgan fingerprint density at radius 3 is 2.37 bits per heavy atom. The second kappa shape index (κ2) is 9.30. The van der Waals surface area contributed by atoms with E-state index in [0.29, 0.717) is 38.5 Å². The Balaban J connectivity index is 1.39. The molecule has 2 aromatic rings. The average molecular weight is 412 g/mol. The van der Waals surface area contributed by atoms with Crippen molar-refractivity contribution in [2.75, 3.05) is 68.9 Å². The van der Waals surface area contributed by atoms with Gasteiger partial charge in [-0.1, -0.05) is 0 Å². The number of rotatable bonds is 5. The number of amides is 1. The zero-order chi connectivity index (χ0) is 20.9. The minimum Gasteiger partial charge on any atom is -0.494 e. The molecular formula is C22H29N5O3. The first kappa shape index (κ1) is 20.4. The van der Waals surface area contributed by atoms with Crippen molar-refractivity contribution in [3.05, 3.63) is 41.6 Å². The summed E-state index contributed by atoms with van der Waals surface area (Å²) >= 11 is 0. The summed E-state index contributed by atoms with van der Waals surface area (Å²) in [6.45, 7) is 10.4. The molecule has 0 saturated carbocycles. The summed E-state index contributed by atoms with van der Waals surface area (Å²) in [7, 11) is 0. The Bertz CT molecular complexity index is 860. The van der Waals surface area contributed by atoms with Crippen LogP contribution in [0.15, 0.2) is 30.3 Å². The number of anilines is 2. The maximum Gasteiger partial charge on any atom is 0.253 e. The fourth-order valence-electron chi connectivity index (χ4n) is 3.78. The SMILES string of the molecule is CCOc1ccc(C(=O)N2CCN(c3cc(C)nc(N4CCOCC4)n3)CC2)cc1. The first-order chi connectivity index (χ1) is 14.6. The van der Waals surface area contributed by atoms with Crippen LogP contribution in [-0.4, -0.2) is 79.9 Å². The quantitative estimate of drug-likeness (QED) is 0.745. The fourth-order valence-corrected chi connectivity index (χ4v) is 3.78. The summed E-state index contributed by atoms with van der Waals surface area (Å²) in [6, 6.07) is 9.39. The molecule has 1 amide bonds. The molecule has 0 spiro atoms. The van der Waals surface area contributed by atoms with Crippen LogP contribution in [0, 0.1) is 6.92 Å². The molecule has 8 nitrogen and oxygen atoms in total. The van der Waals surface area contributed by atoms with Crippen molar-refractivity contribution in [3.63, 3.8) is 0 Å². The van der Waals surface area contributed by atoms with Gasteiger partial charge in [-0.25, -0.2) is 4.98 Å². The van der Waals surface area contributed by atoms with Crippen LogP contribution in [0.3, 0.4) is 0 Å². The van der Waals surface area contributed by atoms with Gasteiger partial charge in [0.25, 0.3) is 5.91 Å². The van der Waals surface area contributed by atoms with Crippen LogP contribution in [0.4, 0.5) is 11.8 Å². The van der Waals surface area contributed by atoms with Crippen LogP contribution >= 0.6 is 0 Å². The number of ether oxygens (including phenoxy) is 2. The summed E-state index contributed by atoms with van der Waals surface area (Å²) in [6.07, 6.45) is 0. The molecule has 0 N–H and O–H groups in total. The largest absolute Gasteiger partial charge is 0.494 e. The van der Waals surface area contributed by atoms with Crippen molar-refractivity contribution in [1.82, 2.24) is 14.9 Å². The van der Waals surface area contributed by atoms with E-state index in [1.807, 2.05) is 49.1 Å². The zero-order valence-electron chi connectivity index (χ0n) is 17.7. The van der Waals surface area contributed by atoms with Gasteiger partial charge in [0, 0.05) is 56.6 Å². The van der Waals surface area contributed by atoms with Crippen LogP contribution in [0.5, 0.6) is 5.75 Å². The third-order valence-electron chi connectivity index (χ3n) is 5.43. The molecule has 30 heavy (non-hydrogen) atoms. The van der Waals surface area contributed by atoms with Crippen LogP contribution in [-0.2, 0) is 4.74 Å². The fraction of sp³-hybridized carbons (Fsp3) is 0.500. The number of piperazine rings is 1. The molecule has 1 aromatic carbocycles. The van der Waals surface area contributed by atoms with Gasteiger partial charge in [0.2, 0.25) is 5.95 Å². The van der Waals surface area contributed by atoms with Crippen LogP contribution < -0.4 is 14.5 Å².